The largest absolute Gasteiger partial charge is 0.480 e. The minimum Gasteiger partial charge on any atom is -0.480 e. The third kappa shape index (κ3) is 3.76. The second-order valence-corrected chi connectivity index (χ2v) is 6.25. The number of aliphatic carboxylic acids is 1. The van der Waals surface area contributed by atoms with Crippen LogP contribution in [0, 0.1) is 6.92 Å². The van der Waals surface area contributed by atoms with Gasteiger partial charge in [-0.3, -0.25) is 9.59 Å². The average Bonchev–Trinajstić information content (AvgIpc) is 2.85. The van der Waals surface area contributed by atoms with Crippen LogP contribution in [0.4, 0.5) is 0 Å². The molecule has 0 bridgehead atoms. The summed E-state index contributed by atoms with van der Waals surface area (Å²) in [4.78, 5) is 24.8. The van der Waals surface area contributed by atoms with Crippen LogP contribution in [0.1, 0.15) is 30.0 Å². The van der Waals surface area contributed by atoms with Crippen molar-refractivity contribution in [1.29, 1.82) is 0 Å². The highest BCUT2D eigenvalue weighted by Crippen LogP contribution is 2.18. The highest BCUT2D eigenvalue weighted by Gasteiger charge is 2.26. The van der Waals surface area contributed by atoms with Gasteiger partial charge in [0, 0.05) is 10.5 Å². The van der Waals surface area contributed by atoms with E-state index in [0.29, 0.717) is 5.69 Å². The lowest BCUT2D eigenvalue weighted by molar-refractivity contribution is -0.138. The molecule has 122 valence electrons. The van der Waals surface area contributed by atoms with Crippen LogP contribution in [0.15, 0.2) is 28.7 Å². The summed E-state index contributed by atoms with van der Waals surface area (Å²) in [6, 6.07) is 7.18. The molecule has 0 radical (unpaired) electrons. The van der Waals surface area contributed by atoms with Crippen molar-refractivity contribution in [3.63, 3.8) is 0 Å². The Labute approximate surface area is 142 Å². The maximum atomic E-state index is 12.6. The van der Waals surface area contributed by atoms with E-state index in [-0.39, 0.29) is 18.3 Å². The summed E-state index contributed by atoms with van der Waals surface area (Å²) in [5.74, 6) is -1.51. The summed E-state index contributed by atoms with van der Waals surface area (Å²) in [6.07, 6.45) is 0. The van der Waals surface area contributed by atoms with E-state index in [4.69, 9.17) is 5.11 Å². The summed E-state index contributed by atoms with van der Waals surface area (Å²) in [5, 5.41) is 16.9. The minimum absolute atomic E-state index is 0.153. The zero-order valence-corrected chi connectivity index (χ0v) is 14.6. The molecule has 23 heavy (non-hydrogen) atoms. The highest BCUT2D eigenvalue weighted by molar-refractivity contribution is 9.10. The SMILES string of the molecule is Cc1c(C(=O)N(CC(=O)O)C(C)C)nnn1-c1cccc(Br)c1. The maximum absolute atomic E-state index is 12.6. The fourth-order valence-corrected chi connectivity index (χ4v) is 2.54. The number of carbonyl (C=O) groups is 2. The third-order valence-corrected chi connectivity index (χ3v) is 3.83. The summed E-state index contributed by atoms with van der Waals surface area (Å²) in [5.41, 5.74) is 1.47. The van der Waals surface area contributed by atoms with E-state index in [1.165, 1.54) is 4.90 Å². The first-order valence-electron chi connectivity index (χ1n) is 7.02. The fourth-order valence-electron chi connectivity index (χ4n) is 2.15. The van der Waals surface area contributed by atoms with Gasteiger partial charge in [0.05, 0.1) is 11.4 Å². The number of carboxylic acids is 1. The Morgan fingerprint density at radius 3 is 2.65 bits per heavy atom. The van der Waals surface area contributed by atoms with Crippen molar-refractivity contribution in [1.82, 2.24) is 19.9 Å². The van der Waals surface area contributed by atoms with Gasteiger partial charge in [-0.25, -0.2) is 4.68 Å². The molecule has 0 aliphatic carbocycles. The first kappa shape index (κ1) is 17.1. The van der Waals surface area contributed by atoms with Crippen molar-refractivity contribution in [3.05, 3.63) is 40.1 Å². The minimum atomic E-state index is -1.07. The quantitative estimate of drug-likeness (QED) is 0.859. The number of halogens is 1. The molecular formula is C15H17BrN4O3. The number of amides is 1. The Bertz CT molecular complexity index is 742. The molecule has 0 saturated heterocycles. The van der Waals surface area contributed by atoms with E-state index in [1.807, 2.05) is 24.3 Å². The molecule has 1 N–H and O–H groups in total. The molecule has 0 spiro atoms. The molecule has 1 heterocycles. The van der Waals surface area contributed by atoms with Gasteiger partial charge in [-0.1, -0.05) is 27.2 Å². The molecule has 2 aromatic rings. The molecule has 0 fully saturated rings. The maximum Gasteiger partial charge on any atom is 0.323 e. The van der Waals surface area contributed by atoms with Gasteiger partial charge in [-0.15, -0.1) is 5.10 Å². The molecule has 8 heteroatoms. The Hall–Kier alpha value is -2.22. The van der Waals surface area contributed by atoms with Crippen molar-refractivity contribution < 1.29 is 14.7 Å². The number of carbonyl (C=O) groups excluding carboxylic acids is 1. The molecule has 0 aliphatic rings. The molecule has 2 rings (SSSR count). The summed E-state index contributed by atoms with van der Waals surface area (Å²) in [7, 11) is 0. The van der Waals surface area contributed by atoms with Crippen LogP contribution in [-0.2, 0) is 4.79 Å². The van der Waals surface area contributed by atoms with Gasteiger partial charge >= 0.3 is 5.97 Å². The monoisotopic (exact) mass is 380 g/mol. The smallest absolute Gasteiger partial charge is 0.323 e. The predicted molar refractivity (Wildman–Crippen MR) is 87.6 cm³/mol. The van der Waals surface area contributed by atoms with Crippen LogP contribution in [0.3, 0.4) is 0 Å². The van der Waals surface area contributed by atoms with Gasteiger partial charge in [0.2, 0.25) is 0 Å². The van der Waals surface area contributed by atoms with Crippen molar-refractivity contribution in [2.24, 2.45) is 0 Å². The zero-order valence-electron chi connectivity index (χ0n) is 13.0. The van der Waals surface area contributed by atoms with Crippen molar-refractivity contribution >= 4 is 27.8 Å². The number of carboxylic acid groups (broad SMARTS) is 1. The molecule has 1 amide bonds. The summed E-state index contributed by atoms with van der Waals surface area (Å²) >= 11 is 3.39. The second-order valence-electron chi connectivity index (χ2n) is 5.34. The Morgan fingerprint density at radius 2 is 2.09 bits per heavy atom. The van der Waals surface area contributed by atoms with Crippen molar-refractivity contribution in [2.45, 2.75) is 26.8 Å². The van der Waals surface area contributed by atoms with Crippen LogP contribution in [-0.4, -0.2) is 49.5 Å². The van der Waals surface area contributed by atoms with Gasteiger partial charge in [0.1, 0.15) is 6.54 Å². The molecular weight excluding hydrogens is 364 g/mol. The second kappa shape index (κ2) is 6.91. The number of rotatable bonds is 5. The van der Waals surface area contributed by atoms with Gasteiger partial charge in [0.15, 0.2) is 5.69 Å². The number of nitrogens with zero attached hydrogens (tertiary/aromatic N) is 4. The molecule has 0 atom stereocenters. The molecule has 0 aliphatic heterocycles. The van der Waals surface area contributed by atoms with Gasteiger partial charge in [-0.2, -0.15) is 0 Å². The predicted octanol–water partition coefficient (Wildman–Crippen LogP) is 2.27. The van der Waals surface area contributed by atoms with Gasteiger partial charge < -0.3 is 10.0 Å². The lowest BCUT2D eigenvalue weighted by Crippen LogP contribution is -2.41. The average molecular weight is 381 g/mol. The van der Waals surface area contributed by atoms with E-state index in [9.17, 15) is 9.59 Å². The topological polar surface area (TPSA) is 88.3 Å². The lowest BCUT2D eigenvalue weighted by Gasteiger charge is -2.24. The number of aromatic nitrogens is 3. The molecule has 0 saturated carbocycles. The summed E-state index contributed by atoms with van der Waals surface area (Å²) in [6.45, 7) is 4.87. The number of hydrogen-bond acceptors (Lipinski definition) is 4. The molecule has 1 aromatic carbocycles. The molecule has 0 unspecified atom stereocenters. The number of benzene rings is 1. The van der Waals surface area contributed by atoms with Crippen LogP contribution in [0.2, 0.25) is 0 Å². The van der Waals surface area contributed by atoms with Crippen LogP contribution in [0.5, 0.6) is 0 Å². The van der Waals surface area contributed by atoms with Gasteiger partial charge in [-0.05, 0) is 39.0 Å². The Balaban J connectivity index is 2.38. The first-order valence-corrected chi connectivity index (χ1v) is 7.81. The summed E-state index contributed by atoms with van der Waals surface area (Å²) < 4.78 is 2.43. The van der Waals surface area contributed by atoms with Crippen LogP contribution < -0.4 is 0 Å². The Kier molecular flexibility index (Phi) is 5.15. The van der Waals surface area contributed by atoms with Gasteiger partial charge in [0.25, 0.3) is 5.91 Å². The van der Waals surface area contributed by atoms with Crippen LogP contribution >= 0.6 is 15.9 Å². The third-order valence-electron chi connectivity index (χ3n) is 3.34. The van der Waals surface area contributed by atoms with E-state index in [0.717, 1.165) is 10.2 Å². The van der Waals surface area contributed by atoms with Crippen molar-refractivity contribution in [3.8, 4) is 5.69 Å². The number of hydrogen-bond donors (Lipinski definition) is 1. The molecule has 1 aromatic heterocycles. The van der Waals surface area contributed by atoms with E-state index >= 15 is 0 Å². The lowest BCUT2D eigenvalue weighted by atomic mass is 10.2. The van der Waals surface area contributed by atoms with E-state index < -0.39 is 11.9 Å². The first-order chi connectivity index (χ1) is 10.8. The molecule has 7 nitrogen and oxygen atoms in total. The fraction of sp³-hybridized carbons (Fsp3) is 0.333. The normalized spacial score (nSPS) is 10.8. The van der Waals surface area contributed by atoms with Crippen LogP contribution in [0.25, 0.3) is 5.69 Å². The Morgan fingerprint density at radius 1 is 1.39 bits per heavy atom. The van der Waals surface area contributed by atoms with E-state index in [2.05, 4.69) is 26.2 Å². The van der Waals surface area contributed by atoms with E-state index in [1.54, 1.807) is 25.5 Å². The highest BCUT2D eigenvalue weighted by atomic mass is 79.9. The zero-order chi connectivity index (χ0) is 17.1. The van der Waals surface area contributed by atoms with Crippen molar-refractivity contribution in [2.75, 3.05) is 6.54 Å². The standard InChI is InChI=1S/C15H17BrN4O3/c1-9(2)19(8-13(21)22)15(23)14-10(3)20(18-17-14)12-6-4-5-11(16)7-12/h4-7,9H,8H2,1-3H3,(H,21,22).